The third-order valence-electron chi connectivity index (χ3n) is 6.11. The Labute approximate surface area is 243 Å². The molecule has 0 aliphatic heterocycles. The van der Waals surface area contributed by atoms with Crippen LogP contribution < -0.4 is 11.1 Å². The monoisotopic (exact) mass is 584 g/mol. The highest BCUT2D eigenvalue weighted by molar-refractivity contribution is 7.47. The molecule has 8 nitrogen and oxygen atoms in total. The topological polar surface area (TPSA) is 131 Å². The van der Waals surface area contributed by atoms with E-state index in [0.29, 0.717) is 6.42 Å². The van der Waals surface area contributed by atoms with Crippen molar-refractivity contribution in [3.63, 3.8) is 0 Å². The molecule has 0 aromatic heterocycles. The summed E-state index contributed by atoms with van der Waals surface area (Å²) < 4.78 is 21.8. The molecule has 1 amide bonds. The highest BCUT2D eigenvalue weighted by Crippen LogP contribution is 2.43. The van der Waals surface area contributed by atoms with Gasteiger partial charge in [-0.25, -0.2) is 4.57 Å². The van der Waals surface area contributed by atoms with Gasteiger partial charge in [-0.3, -0.25) is 13.8 Å². The molecular formula is C31H57N2O6P. The zero-order valence-corrected chi connectivity index (χ0v) is 25.9. The Hall–Kier alpha value is -1.54. The van der Waals surface area contributed by atoms with Crippen LogP contribution in [0, 0.1) is 0 Å². The molecule has 0 aliphatic carbocycles. The smallest absolute Gasteiger partial charge is 0.387 e. The Balaban J connectivity index is 4.49. The number of rotatable bonds is 27. The maximum Gasteiger partial charge on any atom is 0.472 e. The molecule has 0 rings (SSSR count). The highest BCUT2D eigenvalue weighted by atomic mass is 31.2. The summed E-state index contributed by atoms with van der Waals surface area (Å²) >= 11 is 0. The van der Waals surface area contributed by atoms with Crippen LogP contribution in [0.1, 0.15) is 110 Å². The number of phosphoric ester groups is 1. The van der Waals surface area contributed by atoms with Crippen molar-refractivity contribution in [2.24, 2.45) is 5.73 Å². The summed E-state index contributed by atoms with van der Waals surface area (Å²) in [4.78, 5) is 22.4. The van der Waals surface area contributed by atoms with Crippen LogP contribution in [0.15, 0.2) is 48.6 Å². The predicted octanol–water partition coefficient (Wildman–Crippen LogP) is 7.04. The van der Waals surface area contributed by atoms with E-state index in [1.807, 2.05) is 6.08 Å². The number of carbonyl (C=O) groups excluding carboxylic acids is 1. The van der Waals surface area contributed by atoms with Crippen LogP contribution >= 0.6 is 7.82 Å². The Morgan fingerprint density at radius 2 is 1.45 bits per heavy atom. The third-order valence-corrected chi connectivity index (χ3v) is 7.09. The molecule has 0 bridgehead atoms. The van der Waals surface area contributed by atoms with Crippen molar-refractivity contribution in [1.29, 1.82) is 0 Å². The van der Waals surface area contributed by atoms with Crippen molar-refractivity contribution >= 4 is 13.7 Å². The highest BCUT2D eigenvalue weighted by Gasteiger charge is 2.26. The molecule has 0 heterocycles. The van der Waals surface area contributed by atoms with Crippen LogP contribution in [0.4, 0.5) is 0 Å². The molecule has 232 valence electrons. The standard InChI is InChI=1S/C31H57N2O6P/c1-3-5-7-9-11-13-14-15-16-17-19-21-23-25-31(35)33-29(28-39-40(36,37)38-27-26-32)30(34)24-22-20-18-12-10-8-6-4-2/h7,9-10,12-14,22,24,29-30,34H,3-6,8,11,15-21,23,25-28,32H2,1-2H3,(H,33,35)(H,36,37)/b9-7-,12-10+,14-13-,24-22+. The minimum Gasteiger partial charge on any atom is -0.387 e. The van der Waals surface area contributed by atoms with Crippen LogP contribution in [0.3, 0.4) is 0 Å². The number of amides is 1. The van der Waals surface area contributed by atoms with Crippen molar-refractivity contribution in [2.75, 3.05) is 19.8 Å². The van der Waals surface area contributed by atoms with Gasteiger partial charge < -0.3 is 21.1 Å². The number of phosphoric acid groups is 1. The lowest BCUT2D eigenvalue weighted by atomic mass is 10.1. The van der Waals surface area contributed by atoms with Gasteiger partial charge in [-0.15, -0.1) is 0 Å². The van der Waals surface area contributed by atoms with E-state index in [9.17, 15) is 19.4 Å². The van der Waals surface area contributed by atoms with E-state index in [-0.39, 0.29) is 25.7 Å². The van der Waals surface area contributed by atoms with E-state index in [1.165, 1.54) is 19.3 Å². The molecule has 3 atom stereocenters. The van der Waals surface area contributed by atoms with Crippen molar-refractivity contribution in [1.82, 2.24) is 5.32 Å². The average Bonchev–Trinajstić information content (AvgIpc) is 2.93. The van der Waals surface area contributed by atoms with E-state index in [2.05, 4.69) is 55.6 Å². The summed E-state index contributed by atoms with van der Waals surface area (Å²) in [6, 6.07) is -0.880. The average molecular weight is 585 g/mol. The van der Waals surface area contributed by atoms with E-state index in [1.54, 1.807) is 6.08 Å². The van der Waals surface area contributed by atoms with Crippen LogP contribution in [0.25, 0.3) is 0 Å². The van der Waals surface area contributed by atoms with Gasteiger partial charge in [0.1, 0.15) is 0 Å². The fourth-order valence-electron chi connectivity index (χ4n) is 3.76. The number of nitrogens with two attached hydrogens (primary N) is 1. The summed E-state index contributed by atoms with van der Waals surface area (Å²) in [5.41, 5.74) is 5.31. The first-order valence-corrected chi connectivity index (χ1v) is 16.8. The summed E-state index contributed by atoms with van der Waals surface area (Å²) in [5.74, 6) is -0.227. The molecule has 0 saturated heterocycles. The second kappa shape index (κ2) is 27.6. The largest absolute Gasteiger partial charge is 0.472 e. The Morgan fingerprint density at radius 1 is 0.825 bits per heavy atom. The molecule has 0 spiro atoms. The van der Waals surface area contributed by atoms with Crippen LogP contribution in [0.5, 0.6) is 0 Å². The molecule has 0 fully saturated rings. The quantitative estimate of drug-likeness (QED) is 0.0463. The van der Waals surface area contributed by atoms with Gasteiger partial charge in [0.15, 0.2) is 0 Å². The fourth-order valence-corrected chi connectivity index (χ4v) is 4.52. The van der Waals surface area contributed by atoms with Crippen LogP contribution in [0.2, 0.25) is 0 Å². The SMILES string of the molecule is CCC/C=C\C/C=C\CCCCCCCC(=O)NC(COP(=O)(O)OCCN)C(O)/C=C/CC/C=C/CCCC. The van der Waals surface area contributed by atoms with Gasteiger partial charge in [-0.1, -0.05) is 101 Å². The van der Waals surface area contributed by atoms with E-state index >= 15 is 0 Å². The first kappa shape index (κ1) is 38.5. The number of unbranched alkanes of at least 4 members (excludes halogenated alkanes) is 9. The number of carbonyl (C=O) groups is 1. The lowest BCUT2D eigenvalue weighted by Gasteiger charge is -2.23. The maximum atomic E-state index is 12.6. The Bertz CT molecular complexity index is 769. The summed E-state index contributed by atoms with van der Waals surface area (Å²) in [6.45, 7) is 3.91. The minimum absolute atomic E-state index is 0.0692. The van der Waals surface area contributed by atoms with Gasteiger partial charge in [0, 0.05) is 13.0 Å². The summed E-state index contributed by atoms with van der Waals surface area (Å²) in [5, 5.41) is 13.4. The number of hydrogen-bond acceptors (Lipinski definition) is 6. The molecule has 0 aliphatic rings. The van der Waals surface area contributed by atoms with Crippen molar-refractivity contribution < 1.29 is 28.4 Å². The van der Waals surface area contributed by atoms with Crippen LogP contribution in [-0.2, 0) is 18.4 Å². The minimum atomic E-state index is -4.33. The molecule has 40 heavy (non-hydrogen) atoms. The van der Waals surface area contributed by atoms with Crippen molar-refractivity contribution in [3.05, 3.63) is 48.6 Å². The van der Waals surface area contributed by atoms with Gasteiger partial charge in [0.05, 0.1) is 25.4 Å². The molecule has 0 saturated carbocycles. The zero-order valence-electron chi connectivity index (χ0n) is 25.1. The maximum absolute atomic E-state index is 12.6. The number of aliphatic hydroxyl groups excluding tert-OH is 1. The second-order valence-corrected chi connectivity index (χ2v) is 11.4. The van der Waals surface area contributed by atoms with Gasteiger partial charge in [0.25, 0.3) is 0 Å². The van der Waals surface area contributed by atoms with Crippen molar-refractivity contribution in [2.45, 2.75) is 122 Å². The Morgan fingerprint density at radius 3 is 2.17 bits per heavy atom. The number of allylic oxidation sites excluding steroid dienone is 7. The fraction of sp³-hybridized carbons (Fsp3) is 0.710. The van der Waals surface area contributed by atoms with E-state index in [0.717, 1.165) is 70.6 Å². The molecule has 0 aromatic carbocycles. The van der Waals surface area contributed by atoms with Gasteiger partial charge in [-0.2, -0.15) is 0 Å². The normalized spacial score (nSPS) is 15.4. The second-order valence-electron chi connectivity index (χ2n) is 9.94. The van der Waals surface area contributed by atoms with E-state index in [4.69, 9.17) is 14.8 Å². The van der Waals surface area contributed by atoms with Gasteiger partial charge in [-0.05, 0) is 51.4 Å². The molecule has 9 heteroatoms. The predicted molar refractivity (Wildman–Crippen MR) is 166 cm³/mol. The lowest BCUT2D eigenvalue weighted by molar-refractivity contribution is -0.123. The molecule has 0 aromatic rings. The third kappa shape index (κ3) is 25.4. The van der Waals surface area contributed by atoms with Crippen molar-refractivity contribution in [3.8, 4) is 0 Å². The Kier molecular flexibility index (Phi) is 26.6. The molecule has 5 N–H and O–H groups in total. The van der Waals surface area contributed by atoms with Crippen LogP contribution in [-0.4, -0.2) is 47.8 Å². The lowest BCUT2D eigenvalue weighted by Crippen LogP contribution is -2.45. The summed E-state index contributed by atoms with van der Waals surface area (Å²) in [6.07, 6.45) is 30.3. The number of nitrogens with one attached hydrogen (secondary N) is 1. The van der Waals surface area contributed by atoms with Gasteiger partial charge >= 0.3 is 7.82 Å². The first-order valence-electron chi connectivity index (χ1n) is 15.3. The van der Waals surface area contributed by atoms with E-state index < -0.39 is 20.0 Å². The zero-order chi connectivity index (χ0) is 29.7. The summed E-state index contributed by atoms with van der Waals surface area (Å²) in [7, 11) is -4.33. The number of aliphatic hydroxyl groups is 1. The number of hydrogen-bond donors (Lipinski definition) is 4. The molecule has 3 unspecified atom stereocenters. The molecule has 0 radical (unpaired) electrons. The van der Waals surface area contributed by atoms with Gasteiger partial charge in [0.2, 0.25) is 5.91 Å². The first-order chi connectivity index (χ1) is 19.4. The molecular weight excluding hydrogens is 527 g/mol.